The molecule has 0 rings (SSSR count). The molecule has 0 bridgehead atoms. The first kappa shape index (κ1) is 14.2. The Hall–Kier alpha value is -0.770. The molecule has 0 heterocycles. The van der Waals surface area contributed by atoms with E-state index in [1.807, 2.05) is 20.8 Å². The molecule has 0 spiro atoms. The Morgan fingerprint density at radius 2 is 1.80 bits per heavy atom. The minimum Gasteiger partial charge on any atom is -0.434 e. The van der Waals surface area contributed by atoms with Crippen LogP contribution in [0, 0.1) is 0 Å². The van der Waals surface area contributed by atoms with E-state index in [0.717, 1.165) is 25.7 Å². The number of hydrogen-bond donors (Lipinski definition) is 0. The average Bonchev–Trinajstić information content (AvgIpc) is 2.25. The first-order valence-electron chi connectivity index (χ1n) is 5.65. The van der Waals surface area contributed by atoms with Crippen molar-refractivity contribution in [2.24, 2.45) is 0 Å². The van der Waals surface area contributed by atoms with Crippen LogP contribution in [0.15, 0.2) is 0 Å². The molecule has 0 amide bonds. The maximum atomic E-state index is 11.0. The molecule has 0 unspecified atom stereocenters. The second kappa shape index (κ2) is 9.77. The molecule has 4 nitrogen and oxygen atoms in total. The molecule has 0 aromatic carbocycles. The van der Waals surface area contributed by atoms with Crippen LogP contribution in [0.4, 0.5) is 4.79 Å². The molecule has 0 aliphatic heterocycles. The molecule has 0 N–H and O–H groups in total. The molecule has 15 heavy (non-hydrogen) atoms. The Morgan fingerprint density at radius 3 is 2.33 bits per heavy atom. The maximum Gasteiger partial charge on any atom is 0.510 e. The number of rotatable bonds is 8. The van der Waals surface area contributed by atoms with Gasteiger partial charge in [0, 0.05) is 0 Å². The first-order chi connectivity index (χ1) is 7.24. The zero-order valence-corrected chi connectivity index (χ0v) is 9.95. The van der Waals surface area contributed by atoms with Gasteiger partial charge in [0.05, 0.1) is 12.7 Å². The van der Waals surface area contributed by atoms with Crippen molar-refractivity contribution in [1.29, 1.82) is 0 Å². The van der Waals surface area contributed by atoms with E-state index >= 15 is 0 Å². The van der Waals surface area contributed by atoms with Gasteiger partial charge in [-0.05, 0) is 19.3 Å². The summed E-state index contributed by atoms with van der Waals surface area (Å²) in [5, 5.41) is 0. The van der Waals surface area contributed by atoms with Gasteiger partial charge < -0.3 is 14.2 Å². The van der Waals surface area contributed by atoms with Crippen LogP contribution in [0.2, 0.25) is 0 Å². The quantitative estimate of drug-likeness (QED) is 0.357. The van der Waals surface area contributed by atoms with E-state index in [2.05, 4.69) is 0 Å². The van der Waals surface area contributed by atoms with Gasteiger partial charge in [0.2, 0.25) is 0 Å². The van der Waals surface area contributed by atoms with E-state index < -0.39 is 6.16 Å². The van der Waals surface area contributed by atoms with Crippen LogP contribution in [0.5, 0.6) is 0 Å². The molecular formula is C11H22O4. The highest BCUT2D eigenvalue weighted by Crippen LogP contribution is 2.02. The van der Waals surface area contributed by atoms with Crippen molar-refractivity contribution < 1.29 is 19.0 Å². The molecule has 0 aliphatic carbocycles. The van der Waals surface area contributed by atoms with Crippen molar-refractivity contribution in [2.45, 2.75) is 52.6 Å². The third-order valence-corrected chi connectivity index (χ3v) is 2.11. The summed E-state index contributed by atoms with van der Waals surface area (Å²) in [6.45, 7) is 6.50. The summed E-state index contributed by atoms with van der Waals surface area (Å²) in [7, 11) is 0. The summed E-state index contributed by atoms with van der Waals surface area (Å²) in [6, 6.07) is 0. The van der Waals surface area contributed by atoms with Gasteiger partial charge in [0.15, 0.2) is 6.79 Å². The molecule has 0 aliphatic rings. The maximum absolute atomic E-state index is 11.0. The lowest BCUT2D eigenvalue weighted by atomic mass is 10.2. The van der Waals surface area contributed by atoms with Gasteiger partial charge >= 0.3 is 6.16 Å². The standard InChI is InChI=1S/C11H22O4/c1-4-7-8-13-11(12)15-9-14-10(5-2)6-3/h10H,4-9H2,1-3H3. The minimum absolute atomic E-state index is 0.0166. The lowest BCUT2D eigenvalue weighted by Crippen LogP contribution is -2.16. The monoisotopic (exact) mass is 218 g/mol. The van der Waals surface area contributed by atoms with Gasteiger partial charge in [-0.15, -0.1) is 0 Å². The molecule has 0 saturated heterocycles. The Balaban J connectivity index is 3.37. The van der Waals surface area contributed by atoms with E-state index in [-0.39, 0.29) is 12.9 Å². The van der Waals surface area contributed by atoms with Crippen molar-refractivity contribution in [1.82, 2.24) is 0 Å². The van der Waals surface area contributed by atoms with E-state index in [4.69, 9.17) is 14.2 Å². The number of unbranched alkanes of at least 4 members (excludes halogenated alkanes) is 1. The predicted molar refractivity (Wildman–Crippen MR) is 57.7 cm³/mol. The van der Waals surface area contributed by atoms with Gasteiger partial charge in [0.25, 0.3) is 0 Å². The Labute approximate surface area is 91.9 Å². The van der Waals surface area contributed by atoms with Crippen LogP contribution in [0.1, 0.15) is 46.5 Å². The Bertz CT molecular complexity index is 155. The van der Waals surface area contributed by atoms with Crippen LogP contribution >= 0.6 is 0 Å². The summed E-state index contributed by atoms with van der Waals surface area (Å²) < 4.78 is 14.8. The summed E-state index contributed by atoms with van der Waals surface area (Å²) in [5.74, 6) is 0. The largest absolute Gasteiger partial charge is 0.510 e. The zero-order valence-electron chi connectivity index (χ0n) is 9.95. The summed E-state index contributed by atoms with van der Waals surface area (Å²) in [4.78, 5) is 11.0. The van der Waals surface area contributed by atoms with Crippen LogP contribution in [-0.4, -0.2) is 25.7 Å². The van der Waals surface area contributed by atoms with Crippen LogP contribution in [0.3, 0.4) is 0 Å². The SMILES string of the molecule is CCCCOC(=O)OCOC(CC)CC. The third-order valence-electron chi connectivity index (χ3n) is 2.11. The van der Waals surface area contributed by atoms with E-state index in [1.54, 1.807) is 0 Å². The summed E-state index contributed by atoms with van der Waals surface area (Å²) in [6.07, 6.45) is 3.22. The molecule has 0 saturated carbocycles. The van der Waals surface area contributed by atoms with Gasteiger partial charge in [0.1, 0.15) is 0 Å². The average molecular weight is 218 g/mol. The molecule has 0 atom stereocenters. The summed E-state index contributed by atoms with van der Waals surface area (Å²) in [5.41, 5.74) is 0. The van der Waals surface area contributed by atoms with Gasteiger partial charge in [-0.3, -0.25) is 0 Å². The lowest BCUT2D eigenvalue weighted by molar-refractivity contribution is -0.0782. The summed E-state index contributed by atoms with van der Waals surface area (Å²) >= 11 is 0. The molecule has 4 heteroatoms. The van der Waals surface area contributed by atoms with Crippen LogP contribution in [-0.2, 0) is 14.2 Å². The molecule has 0 aromatic rings. The van der Waals surface area contributed by atoms with E-state index in [0.29, 0.717) is 6.61 Å². The van der Waals surface area contributed by atoms with Gasteiger partial charge in [-0.2, -0.15) is 0 Å². The minimum atomic E-state index is -0.644. The number of ether oxygens (including phenoxy) is 3. The molecule has 0 aromatic heterocycles. The first-order valence-corrected chi connectivity index (χ1v) is 5.65. The van der Waals surface area contributed by atoms with E-state index in [9.17, 15) is 4.79 Å². The number of carbonyl (C=O) groups excluding carboxylic acids is 1. The number of carbonyl (C=O) groups is 1. The molecule has 0 radical (unpaired) electrons. The fourth-order valence-electron chi connectivity index (χ4n) is 1.04. The predicted octanol–water partition coefficient (Wildman–Crippen LogP) is 3.10. The van der Waals surface area contributed by atoms with Crippen LogP contribution in [0.25, 0.3) is 0 Å². The van der Waals surface area contributed by atoms with Crippen molar-refractivity contribution >= 4 is 6.16 Å². The highest BCUT2D eigenvalue weighted by Gasteiger charge is 2.06. The fraction of sp³-hybridized carbons (Fsp3) is 0.909. The number of hydrogen-bond acceptors (Lipinski definition) is 4. The highest BCUT2D eigenvalue weighted by molar-refractivity contribution is 5.59. The van der Waals surface area contributed by atoms with E-state index in [1.165, 1.54) is 0 Å². The zero-order chi connectivity index (χ0) is 11.5. The third kappa shape index (κ3) is 8.24. The van der Waals surface area contributed by atoms with Crippen molar-refractivity contribution in [3.63, 3.8) is 0 Å². The fourth-order valence-corrected chi connectivity index (χ4v) is 1.04. The Kier molecular flexibility index (Phi) is 9.27. The topological polar surface area (TPSA) is 44.8 Å². The molecular weight excluding hydrogens is 196 g/mol. The normalized spacial score (nSPS) is 10.4. The molecule has 90 valence electrons. The smallest absolute Gasteiger partial charge is 0.434 e. The highest BCUT2D eigenvalue weighted by atomic mass is 16.8. The second-order valence-corrected chi connectivity index (χ2v) is 3.32. The van der Waals surface area contributed by atoms with Crippen molar-refractivity contribution in [2.75, 3.05) is 13.4 Å². The Morgan fingerprint density at radius 1 is 1.13 bits per heavy atom. The van der Waals surface area contributed by atoms with Crippen LogP contribution < -0.4 is 0 Å². The lowest BCUT2D eigenvalue weighted by Gasteiger charge is -2.13. The second-order valence-electron chi connectivity index (χ2n) is 3.32. The van der Waals surface area contributed by atoms with Crippen molar-refractivity contribution in [3.05, 3.63) is 0 Å². The van der Waals surface area contributed by atoms with Gasteiger partial charge in [-0.1, -0.05) is 27.2 Å². The molecule has 0 fully saturated rings. The van der Waals surface area contributed by atoms with Gasteiger partial charge in [-0.25, -0.2) is 4.79 Å². The van der Waals surface area contributed by atoms with Crippen molar-refractivity contribution in [3.8, 4) is 0 Å².